The van der Waals surface area contributed by atoms with E-state index >= 15 is 0 Å². The molecule has 0 fully saturated rings. The van der Waals surface area contributed by atoms with Crippen LogP contribution in [-0.4, -0.2) is 25.1 Å². The van der Waals surface area contributed by atoms with Gasteiger partial charge in [-0.2, -0.15) is 5.10 Å². The fourth-order valence-corrected chi connectivity index (χ4v) is 3.34. The SMILES string of the molecule is Clc1ccc(Nc2c(-c3ncccn3)oc3c(Cl)nccc23)c2cn[nH]c12. The number of hydrogen-bond acceptors (Lipinski definition) is 6. The summed E-state index contributed by atoms with van der Waals surface area (Å²) in [6.45, 7) is 0. The minimum atomic E-state index is 0.266. The third-order valence-electron chi connectivity index (χ3n) is 4.15. The van der Waals surface area contributed by atoms with Crippen LogP contribution in [0.4, 0.5) is 11.4 Å². The number of nitrogens with one attached hydrogen (secondary N) is 2. The van der Waals surface area contributed by atoms with Gasteiger partial charge >= 0.3 is 0 Å². The van der Waals surface area contributed by atoms with Crippen molar-refractivity contribution in [3.63, 3.8) is 0 Å². The van der Waals surface area contributed by atoms with Gasteiger partial charge < -0.3 is 9.73 Å². The van der Waals surface area contributed by atoms with Crippen molar-refractivity contribution in [3.8, 4) is 11.6 Å². The molecule has 0 saturated carbocycles. The minimum absolute atomic E-state index is 0.266. The number of pyridine rings is 1. The maximum Gasteiger partial charge on any atom is 0.197 e. The Balaban J connectivity index is 1.75. The molecule has 132 valence electrons. The quantitative estimate of drug-likeness (QED) is 0.406. The predicted molar refractivity (Wildman–Crippen MR) is 104 cm³/mol. The third-order valence-corrected chi connectivity index (χ3v) is 4.74. The van der Waals surface area contributed by atoms with Crippen LogP contribution in [0, 0.1) is 0 Å². The van der Waals surface area contributed by atoms with Crippen LogP contribution in [-0.2, 0) is 0 Å². The second kappa shape index (κ2) is 6.22. The molecule has 9 heteroatoms. The highest BCUT2D eigenvalue weighted by Gasteiger charge is 2.21. The Morgan fingerprint density at radius 2 is 1.81 bits per heavy atom. The highest BCUT2D eigenvalue weighted by molar-refractivity contribution is 6.35. The van der Waals surface area contributed by atoms with Crippen LogP contribution < -0.4 is 5.32 Å². The lowest BCUT2D eigenvalue weighted by Crippen LogP contribution is -1.94. The van der Waals surface area contributed by atoms with Crippen molar-refractivity contribution in [2.24, 2.45) is 0 Å². The van der Waals surface area contributed by atoms with Gasteiger partial charge in [-0.1, -0.05) is 23.2 Å². The minimum Gasteiger partial charge on any atom is -0.447 e. The summed E-state index contributed by atoms with van der Waals surface area (Å²) in [4.78, 5) is 12.7. The molecule has 5 aromatic rings. The summed E-state index contributed by atoms with van der Waals surface area (Å²) in [5, 5.41) is 12.8. The molecule has 0 aliphatic rings. The Labute approximate surface area is 162 Å². The van der Waals surface area contributed by atoms with Gasteiger partial charge in [0.15, 0.2) is 22.3 Å². The van der Waals surface area contributed by atoms with Crippen molar-refractivity contribution >= 4 is 56.4 Å². The first-order valence-electron chi connectivity index (χ1n) is 7.95. The molecule has 7 nitrogen and oxygen atoms in total. The molecular weight excluding hydrogens is 387 g/mol. The van der Waals surface area contributed by atoms with Crippen molar-refractivity contribution in [2.75, 3.05) is 5.32 Å². The highest BCUT2D eigenvalue weighted by Crippen LogP contribution is 2.41. The fraction of sp³-hybridized carbons (Fsp3) is 0. The molecule has 0 unspecified atom stereocenters. The van der Waals surface area contributed by atoms with E-state index in [0.29, 0.717) is 27.9 Å². The molecule has 0 amide bonds. The maximum absolute atomic E-state index is 6.23. The second-order valence-electron chi connectivity index (χ2n) is 5.74. The van der Waals surface area contributed by atoms with E-state index < -0.39 is 0 Å². The summed E-state index contributed by atoms with van der Waals surface area (Å²) in [7, 11) is 0. The maximum atomic E-state index is 6.23. The summed E-state index contributed by atoms with van der Waals surface area (Å²) in [6.07, 6.45) is 6.63. The van der Waals surface area contributed by atoms with Crippen LogP contribution in [0.1, 0.15) is 0 Å². The monoisotopic (exact) mass is 396 g/mol. The second-order valence-corrected chi connectivity index (χ2v) is 6.50. The van der Waals surface area contributed by atoms with Crippen LogP contribution in [0.2, 0.25) is 10.2 Å². The zero-order chi connectivity index (χ0) is 18.4. The first-order valence-corrected chi connectivity index (χ1v) is 8.71. The number of aromatic nitrogens is 5. The van der Waals surface area contributed by atoms with Gasteiger partial charge in [-0.25, -0.2) is 15.0 Å². The number of halogens is 2. The van der Waals surface area contributed by atoms with Crippen LogP contribution in [0.3, 0.4) is 0 Å². The summed E-state index contributed by atoms with van der Waals surface area (Å²) >= 11 is 12.5. The van der Waals surface area contributed by atoms with Crippen LogP contribution in [0.5, 0.6) is 0 Å². The molecule has 0 atom stereocenters. The Hall–Kier alpha value is -3.16. The van der Waals surface area contributed by atoms with Crippen molar-refractivity contribution in [1.29, 1.82) is 0 Å². The molecule has 5 rings (SSSR count). The number of furan rings is 1. The fourth-order valence-electron chi connectivity index (χ4n) is 2.94. The van der Waals surface area contributed by atoms with Crippen molar-refractivity contribution in [1.82, 2.24) is 25.1 Å². The molecule has 0 radical (unpaired) electrons. The van der Waals surface area contributed by atoms with Crippen LogP contribution in [0.15, 0.2) is 53.5 Å². The van der Waals surface area contributed by atoms with Crippen LogP contribution >= 0.6 is 23.2 Å². The summed E-state index contributed by atoms with van der Waals surface area (Å²) in [6, 6.07) is 7.22. The van der Waals surface area contributed by atoms with Gasteiger partial charge in [0.1, 0.15) is 0 Å². The number of benzene rings is 1. The largest absolute Gasteiger partial charge is 0.447 e. The lowest BCUT2D eigenvalue weighted by molar-refractivity contribution is 0.625. The zero-order valence-corrected chi connectivity index (χ0v) is 15.1. The van der Waals surface area contributed by atoms with E-state index in [4.69, 9.17) is 27.6 Å². The topological polar surface area (TPSA) is 92.5 Å². The number of nitrogens with zero attached hydrogens (tertiary/aromatic N) is 4. The summed E-state index contributed by atoms with van der Waals surface area (Å²) in [5.74, 6) is 0.900. The van der Waals surface area contributed by atoms with Gasteiger partial charge in [0.2, 0.25) is 0 Å². The van der Waals surface area contributed by atoms with Gasteiger partial charge in [-0.05, 0) is 24.3 Å². The number of fused-ring (bicyclic) bond motifs is 2. The average molecular weight is 397 g/mol. The predicted octanol–water partition coefficient (Wildman–Crippen LogP) is 5.21. The van der Waals surface area contributed by atoms with E-state index in [9.17, 15) is 0 Å². The normalized spacial score (nSPS) is 11.3. The van der Waals surface area contributed by atoms with Crippen molar-refractivity contribution in [2.45, 2.75) is 0 Å². The third kappa shape index (κ3) is 2.59. The molecule has 4 aromatic heterocycles. The van der Waals surface area contributed by atoms with E-state index in [1.807, 2.05) is 12.1 Å². The average Bonchev–Trinajstić information content (AvgIpc) is 3.32. The lowest BCUT2D eigenvalue weighted by atomic mass is 10.2. The smallest absolute Gasteiger partial charge is 0.197 e. The van der Waals surface area contributed by atoms with E-state index in [-0.39, 0.29) is 5.15 Å². The highest BCUT2D eigenvalue weighted by atomic mass is 35.5. The first kappa shape index (κ1) is 16.0. The molecule has 4 heterocycles. The molecule has 0 aliphatic carbocycles. The molecule has 0 aliphatic heterocycles. The lowest BCUT2D eigenvalue weighted by Gasteiger charge is -2.08. The van der Waals surface area contributed by atoms with Crippen molar-refractivity contribution < 1.29 is 4.42 Å². The Bertz CT molecular complexity index is 1280. The molecular formula is C18H10Cl2N6O. The van der Waals surface area contributed by atoms with E-state index in [1.54, 1.807) is 36.9 Å². The Morgan fingerprint density at radius 3 is 2.67 bits per heavy atom. The van der Waals surface area contributed by atoms with Gasteiger partial charge in [-0.3, -0.25) is 5.10 Å². The molecule has 0 spiro atoms. The van der Waals surface area contributed by atoms with Gasteiger partial charge in [0, 0.05) is 35.1 Å². The first-order chi connectivity index (χ1) is 13.2. The van der Waals surface area contributed by atoms with E-state index in [1.165, 1.54) is 0 Å². The molecule has 1 aromatic carbocycles. The van der Waals surface area contributed by atoms with Gasteiger partial charge in [0.25, 0.3) is 0 Å². The summed E-state index contributed by atoms with van der Waals surface area (Å²) < 4.78 is 5.97. The van der Waals surface area contributed by atoms with E-state index in [0.717, 1.165) is 22.0 Å². The van der Waals surface area contributed by atoms with Crippen molar-refractivity contribution in [3.05, 3.63) is 59.2 Å². The number of hydrogen-bond donors (Lipinski definition) is 2. The zero-order valence-electron chi connectivity index (χ0n) is 13.6. The number of H-pyrrole nitrogens is 1. The summed E-state index contributed by atoms with van der Waals surface area (Å²) in [5.41, 5.74) is 2.69. The number of rotatable bonds is 3. The van der Waals surface area contributed by atoms with Crippen LogP contribution in [0.25, 0.3) is 33.5 Å². The molecule has 0 saturated heterocycles. The Morgan fingerprint density at radius 1 is 0.963 bits per heavy atom. The molecule has 0 bridgehead atoms. The van der Waals surface area contributed by atoms with E-state index in [2.05, 4.69) is 30.5 Å². The molecule has 27 heavy (non-hydrogen) atoms. The molecule has 2 N–H and O–H groups in total. The standard InChI is InChI=1S/C18H10Cl2N6O/c19-11-2-3-12(10-8-24-26-13(10)11)25-14-9-4-7-21-17(20)15(9)27-16(14)18-22-5-1-6-23-18/h1-8,25H,(H,24,26). The number of aromatic amines is 1. The van der Waals surface area contributed by atoms with Gasteiger partial charge in [-0.15, -0.1) is 0 Å². The number of anilines is 2. The Kier molecular flexibility index (Phi) is 3.70. The van der Waals surface area contributed by atoms with Gasteiger partial charge in [0.05, 0.1) is 22.4 Å².